The lowest BCUT2D eigenvalue weighted by atomic mass is 10.2. The molecule has 0 amide bonds. The number of nitrogens with zero attached hydrogens (tertiary/aromatic N) is 4. The summed E-state index contributed by atoms with van der Waals surface area (Å²) in [6.45, 7) is 3.26. The van der Waals surface area contributed by atoms with Crippen LogP contribution in [0.15, 0.2) is 12.5 Å². The first-order valence-corrected chi connectivity index (χ1v) is 6.27. The largest absolute Gasteiger partial charge is 0.481 e. The molecule has 2 aromatic rings. The van der Waals surface area contributed by atoms with E-state index in [1.54, 1.807) is 18.9 Å². The smallest absolute Gasteiger partial charge is 0.224 e. The van der Waals surface area contributed by atoms with Crippen LogP contribution < -0.4 is 14.8 Å². The Morgan fingerprint density at radius 2 is 1.80 bits per heavy atom. The molecule has 108 valence electrons. The summed E-state index contributed by atoms with van der Waals surface area (Å²) in [5.41, 5.74) is 2.98. The molecule has 0 fully saturated rings. The van der Waals surface area contributed by atoms with Gasteiger partial charge in [0.25, 0.3) is 0 Å². The fourth-order valence-corrected chi connectivity index (χ4v) is 2.03. The van der Waals surface area contributed by atoms with Crippen LogP contribution in [0, 0.1) is 6.92 Å². The average Bonchev–Trinajstić information content (AvgIpc) is 2.77. The number of hydrogen-bond acceptors (Lipinski definition) is 6. The second-order valence-corrected chi connectivity index (χ2v) is 4.39. The van der Waals surface area contributed by atoms with Crippen molar-refractivity contribution in [3.63, 3.8) is 0 Å². The number of rotatable bonds is 6. The van der Waals surface area contributed by atoms with E-state index in [0.717, 1.165) is 16.8 Å². The number of hydrogen-bond donors (Lipinski definition) is 1. The molecule has 7 nitrogen and oxygen atoms in total. The fourth-order valence-electron chi connectivity index (χ4n) is 2.03. The molecule has 0 aliphatic heterocycles. The van der Waals surface area contributed by atoms with Gasteiger partial charge in [-0.05, 0) is 6.92 Å². The molecule has 2 aromatic heterocycles. The van der Waals surface area contributed by atoms with Crippen LogP contribution >= 0.6 is 0 Å². The molecule has 0 aliphatic rings. The highest BCUT2D eigenvalue weighted by Crippen LogP contribution is 2.23. The first-order chi connectivity index (χ1) is 9.65. The van der Waals surface area contributed by atoms with Gasteiger partial charge >= 0.3 is 0 Å². The van der Waals surface area contributed by atoms with Gasteiger partial charge in [-0.3, -0.25) is 4.68 Å². The zero-order valence-corrected chi connectivity index (χ0v) is 12.2. The quantitative estimate of drug-likeness (QED) is 0.843. The number of methoxy groups -OCH3 is 2. The summed E-state index contributed by atoms with van der Waals surface area (Å²) < 4.78 is 12.3. The third-order valence-corrected chi connectivity index (χ3v) is 2.99. The van der Waals surface area contributed by atoms with Crippen molar-refractivity contribution in [3.8, 4) is 11.8 Å². The average molecular weight is 277 g/mol. The maximum absolute atomic E-state index is 5.23. The summed E-state index contributed by atoms with van der Waals surface area (Å²) in [5, 5.41) is 7.64. The van der Waals surface area contributed by atoms with Crippen LogP contribution in [0.5, 0.6) is 11.8 Å². The summed E-state index contributed by atoms with van der Waals surface area (Å²) in [6.07, 6.45) is 3.42. The Hall–Kier alpha value is -2.15. The molecule has 0 aromatic carbocycles. The molecule has 0 bridgehead atoms. The maximum atomic E-state index is 5.23. The molecule has 20 heavy (non-hydrogen) atoms. The minimum absolute atomic E-state index is 0.521. The van der Waals surface area contributed by atoms with Crippen molar-refractivity contribution in [1.29, 1.82) is 0 Å². The zero-order valence-electron chi connectivity index (χ0n) is 12.2. The Labute approximate surface area is 118 Å². The zero-order chi connectivity index (χ0) is 14.5. The van der Waals surface area contributed by atoms with Crippen molar-refractivity contribution in [2.75, 3.05) is 14.2 Å². The van der Waals surface area contributed by atoms with Crippen molar-refractivity contribution in [1.82, 2.24) is 25.1 Å². The van der Waals surface area contributed by atoms with Crippen LogP contribution in [-0.4, -0.2) is 34.0 Å². The molecule has 0 radical (unpaired) electrons. The van der Waals surface area contributed by atoms with E-state index in [9.17, 15) is 0 Å². The lowest BCUT2D eigenvalue weighted by molar-refractivity contribution is 0.359. The van der Waals surface area contributed by atoms with Crippen molar-refractivity contribution in [3.05, 3.63) is 29.3 Å². The van der Waals surface area contributed by atoms with Crippen LogP contribution in [0.25, 0.3) is 0 Å². The van der Waals surface area contributed by atoms with Crippen molar-refractivity contribution < 1.29 is 9.47 Å². The molecule has 0 saturated carbocycles. The normalized spacial score (nSPS) is 10.6. The SMILES string of the molecule is COc1ncnc(OC)c1CNCc1cn(C)nc1C. The minimum atomic E-state index is 0.521. The summed E-state index contributed by atoms with van der Waals surface area (Å²) in [6, 6.07) is 0. The third-order valence-electron chi connectivity index (χ3n) is 2.99. The molecule has 0 unspecified atom stereocenters. The summed E-state index contributed by atoms with van der Waals surface area (Å²) in [4.78, 5) is 8.17. The topological polar surface area (TPSA) is 74.1 Å². The van der Waals surface area contributed by atoms with Crippen LogP contribution in [0.2, 0.25) is 0 Å². The predicted octanol–water partition coefficient (Wildman–Crippen LogP) is 0.826. The fraction of sp³-hybridized carbons (Fsp3) is 0.462. The Morgan fingerprint density at radius 3 is 2.30 bits per heavy atom. The summed E-state index contributed by atoms with van der Waals surface area (Å²) in [5.74, 6) is 1.04. The number of aromatic nitrogens is 4. The molecule has 2 heterocycles. The van der Waals surface area contributed by atoms with Gasteiger partial charge in [0.1, 0.15) is 6.33 Å². The second-order valence-electron chi connectivity index (χ2n) is 4.39. The predicted molar refractivity (Wildman–Crippen MR) is 73.6 cm³/mol. The second kappa shape index (κ2) is 6.33. The molecule has 7 heteroatoms. The number of aryl methyl sites for hydroxylation is 2. The Balaban J connectivity index is 2.05. The highest BCUT2D eigenvalue weighted by molar-refractivity contribution is 5.34. The standard InChI is InChI=1S/C13H19N5O2/c1-9-10(7-18(2)17-9)5-14-6-11-12(19-3)15-8-16-13(11)20-4/h7-8,14H,5-6H2,1-4H3. The molecule has 1 N–H and O–H groups in total. The molecule has 0 saturated heterocycles. The van der Waals surface area contributed by atoms with Gasteiger partial charge in [0, 0.05) is 31.9 Å². The molecule has 0 spiro atoms. The Morgan fingerprint density at radius 1 is 1.15 bits per heavy atom. The van der Waals surface area contributed by atoms with E-state index < -0.39 is 0 Å². The van der Waals surface area contributed by atoms with E-state index in [-0.39, 0.29) is 0 Å². The molecule has 2 rings (SSSR count). The lowest BCUT2D eigenvalue weighted by Gasteiger charge is -2.11. The minimum Gasteiger partial charge on any atom is -0.481 e. The van der Waals surface area contributed by atoms with Gasteiger partial charge in [-0.1, -0.05) is 0 Å². The van der Waals surface area contributed by atoms with Gasteiger partial charge in [-0.25, -0.2) is 9.97 Å². The van der Waals surface area contributed by atoms with Crippen molar-refractivity contribution in [2.24, 2.45) is 7.05 Å². The van der Waals surface area contributed by atoms with E-state index >= 15 is 0 Å². The summed E-state index contributed by atoms with van der Waals surface area (Å²) in [7, 11) is 5.07. The highest BCUT2D eigenvalue weighted by atomic mass is 16.5. The Bertz CT molecular complexity index is 560. The third kappa shape index (κ3) is 3.05. The Kier molecular flexibility index (Phi) is 4.52. The highest BCUT2D eigenvalue weighted by Gasteiger charge is 2.12. The first-order valence-electron chi connectivity index (χ1n) is 6.27. The van der Waals surface area contributed by atoms with E-state index in [1.165, 1.54) is 6.33 Å². The van der Waals surface area contributed by atoms with Gasteiger partial charge in [-0.15, -0.1) is 0 Å². The van der Waals surface area contributed by atoms with E-state index in [0.29, 0.717) is 24.8 Å². The van der Waals surface area contributed by atoms with Crippen LogP contribution in [0.1, 0.15) is 16.8 Å². The van der Waals surface area contributed by atoms with Crippen LogP contribution in [0.4, 0.5) is 0 Å². The molecular weight excluding hydrogens is 258 g/mol. The monoisotopic (exact) mass is 277 g/mol. The van der Waals surface area contributed by atoms with Crippen LogP contribution in [-0.2, 0) is 20.1 Å². The van der Waals surface area contributed by atoms with Gasteiger partial charge in [0.05, 0.1) is 25.5 Å². The lowest BCUT2D eigenvalue weighted by Crippen LogP contribution is -2.15. The molecular formula is C13H19N5O2. The van der Waals surface area contributed by atoms with Crippen molar-refractivity contribution >= 4 is 0 Å². The first kappa shape index (κ1) is 14.3. The van der Waals surface area contributed by atoms with Gasteiger partial charge in [0.15, 0.2) is 0 Å². The van der Waals surface area contributed by atoms with E-state index in [4.69, 9.17) is 9.47 Å². The molecule has 0 atom stereocenters. The van der Waals surface area contributed by atoms with Gasteiger partial charge < -0.3 is 14.8 Å². The van der Waals surface area contributed by atoms with Crippen LogP contribution in [0.3, 0.4) is 0 Å². The number of ether oxygens (including phenoxy) is 2. The number of nitrogens with one attached hydrogen (secondary N) is 1. The van der Waals surface area contributed by atoms with E-state index in [2.05, 4.69) is 20.4 Å². The van der Waals surface area contributed by atoms with Crippen molar-refractivity contribution in [2.45, 2.75) is 20.0 Å². The molecule has 0 aliphatic carbocycles. The van der Waals surface area contributed by atoms with Gasteiger partial charge in [-0.2, -0.15) is 5.10 Å². The maximum Gasteiger partial charge on any atom is 0.224 e. The van der Waals surface area contributed by atoms with E-state index in [1.807, 2.05) is 20.2 Å². The van der Waals surface area contributed by atoms with Gasteiger partial charge in [0.2, 0.25) is 11.8 Å². The summed E-state index contributed by atoms with van der Waals surface area (Å²) >= 11 is 0.